The molecule has 0 aromatic carbocycles. The van der Waals surface area contributed by atoms with E-state index in [1.54, 1.807) is 0 Å². The zero-order chi connectivity index (χ0) is 13.8. The van der Waals surface area contributed by atoms with Gasteiger partial charge >= 0.3 is 0 Å². The minimum atomic E-state index is 0.512. The summed E-state index contributed by atoms with van der Waals surface area (Å²) in [4.78, 5) is 0. The van der Waals surface area contributed by atoms with Gasteiger partial charge in [-0.3, -0.25) is 11.3 Å². The van der Waals surface area contributed by atoms with Crippen molar-refractivity contribution >= 4 is 0 Å². The molecule has 112 valence electrons. The number of hydrazine groups is 1. The van der Waals surface area contributed by atoms with Crippen molar-refractivity contribution in [3.8, 4) is 0 Å². The van der Waals surface area contributed by atoms with E-state index in [-0.39, 0.29) is 0 Å². The fraction of sp³-hybridized carbons (Fsp3) is 1.00. The number of hydrogen-bond acceptors (Lipinski definition) is 3. The van der Waals surface area contributed by atoms with Crippen LogP contribution in [0.1, 0.15) is 59.3 Å². The lowest BCUT2D eigenvalue weighted by atomic mass is 9.70. The Morgan fingerprint density at radius 3 is 2.26 bits per heavy atom. The van der Waals surface area contributed by atoms with Gasteiger partial charge in [0.2, 0.25) is 0 Å². The first kappa shape index (κ1) is 15.3. The fourth-order valence-electron chi connectivity index (χ4n) is 4.33. The summed E-state index contributed by atoms with van der Waals surface area (Å²) >= 11 is 0. The lowest BCUT2D eigenvalue weighted by Gasteiger charge is -2.41. The van der Waals surface area contributed by atoms with Crippen LogP contribution >= 0.6 is 0 Å². The first-order valence-electron chi connectivity index (χ1n) is 8.20. The summed E-state index contributed by atoms with van der Waals surface area (Å²) in [6.45, 7) is 7.73. The van der Waals surface area contributed by atoms with Crippen molar-refractivity contribution in [1.29, 1.82) is 0 Å². The molecule has 3 heteroatoms. The van der Waals surface area contributed by atoms with Crippen LogP contribution in [0.2, 0.25) is 0 Å². The summed E-state index contributed by atoms with van der Waals surface area (Å²) in [7, 11) is 0. The Hall–Kier alpha value is -0.120. The number of nitrogens with one attached hydrogen (secondary N) is 1. The van der Waals surface area contributed by atoms with Crippen LogP contribution in [0, 0.1) is 23.7 Å². The Bertz CT molecular complexity index is 255. The lowest BCUT2D eigenvalue weighted by molar-refractivity contribution is -0.0321. The van der Waals surface area contributed by atoms with E-state index in [1.807, 2.05) is 0 Å². The molecule has 0 aliphatic heterocycles. The summed E-state index contributed by atoms with van der Waals surface area (Å²) in [5.74, 6) is 9.16. The zero-order valence-electron chi connectivity index (χ0n) is 12.9. The molecule has 0 bridgehead atoms. The number of ether oxygens (including phenoxy) is 1. The van der Waals surface area contributed by atoms with Crippen LogP contribution in [0.5, 0.6) is 0 Å². The second-order valence-electron chi connectivity index (χ2n) is 7.10. The van der Waals surface area contributed by atoms with Gasteiger partial charge < -0.3 is 4.74 Å². The second kappa shape index (κ2) is 7.05. The van der Waals surface area contributed by atoms with Crippen LogP contribution in [0.4, 0.5) is 0 Å². The van der Waals surface area contributed by atoms with E-state index < -0.39 is 0 Å². The molecule has 0 amide bonds. The lowest BCUT2D eigenvalue weighted by Crippen LogP contribution is -2.46. The van der Waals surface area contributed by atoms with E-state index in [0.717, 1.165) is 30.3 Å². The molecular weight excluding hydrogens is 236 g/mol. The van der Waals surface area contributed by atoms with Crippen molar-refractivity contribution in [2.75, 3.05) is 6.61 Å². The van der Waals surface area contributed by atoms with E-state index in [4.69, 9.17) is 10.6 Å². The molecule has 0 aromatic heterocycles. The summed E-state index contributed by atoms with van der Waals surface area (Å²) < 4.78 is 5.65. The average molecular weight is 268 g/mol. The van der Waals surface area contributed by atoms with Crippen molar-refractivity contribution in [3.05, 3.63) is 0 Å². The second-order valence-corrected chi connectivity index (χ2v) is 7.10. The third-order valence-corrected chi connectivity index (χ3v) is 5.18. The highest BCUT2D eigenvalue weighted by Gasteiger charge is 2.35. The number of nitrogens with two attached hydrogens (primary N) is 1. The van der Waals surface area contributed by atoms with Gasteiger partial charge in [0.1, 0.15) is 0 Å². The van der Waals surface area contributed by atoms with Crippen molar-refractivity contribution in [3.63, 3.8) is 0 Å². The van der Waals surface area contributed by atoms with Gasteiger partial charge in [-0.25, -0.2) is 0 Å². The van der Waals surface area contributed by atoms with Crippen LogP contribution < -0.4 is 11.3 Å². The van der Waals surface area contributed by atoms with Crippen LogP contribution in [0.25, 0.3) is 0 Å². The molecule has 0 spiro atoms. The highest BCUT2D eigenvalue weighted by Crippen LogP contribution is 2.39. The maximum atomic E-state index is 5.83. The molecule has 0 saturated heterocycles. The maximum absolute atomic E-state index is 5.83. The highest BCUT2D eigenvalue weighted by atomic mass is 16.5. The summed E-state index contributed by atoms with van der Waals surface area (Å²) in [5.41, 5.74) is 3.12. The molecule has 2 rings (SSSR count). The molecule has 0 aromatic rings. The largest absolute Gasteiger partial charge is 0.378 e. The quantitative estimate of drug-likeness (QED) is 0.575. The zero-order valence-corrected chi connectivity index (χ0v) is 12.9. The first-order chi connectivity index (χ1) is 9.12. The van der Waals surface area contributed by atoms with E-state index in [0.29, 0.717) is 12.1 Å². The predicted octanol–water partition coefficient (Wildman–Crippen LogP) is 3.10. The van der Waals surface area contributed by atoms with Crippen molar-refractivity contribution < 1.29 is 4.74 Å². The molecule has 3 N–H and O–H groups in total. The summed E-state index contributed by atoms with van der Waals surface area (Å²) in [5, 5.41) is 0. The Labute approximate surface area is 118 Å². The summed E-state index contributed by atoms with van der Waals surface area (Å²) in [6.07, 6.45) is 8.33. The molecular formula is C16H32N2O. The Morgan fingerprint density at radius 1 is 1.11 bits per heavy atom. The molecule has 0 heterocycles. The van der Waals surface area contributed by atoms with Gasteiger partial charge in [-0.05, 0) is 69.1 Å². The predicted molar refractivity (Wildman–Crippen MR) is 79.5 cm³/mol. The van der Waals surface area contributed by atoms with E-state index in [2.05, 4.69) is 26.2 Å². The minimum Gasteiger partial charge on any atom is -0.378 e. The van der Waals surface area contributed by atoms with Crippen LogP contribution in [0.3, 0.4) is 0 Å². The topological polar surface area (TPSA) is 47.3 Å². The SMILES string of the molecule is CCOC1CC(CC(NN)C2CC(C)CC(C)C2)C1. The Balaban J connectivity index is 1.77. The molecule has 19 heavy (non-hydrogen) atoms. The monoisotopic (exact) mass is 268 g/mol. The van der Waals surface area contributed by atoms with Gasteiger partial charge in [-0.15, -0.1) is 0 Å². The third kappa shape index (κ3) is 4.17. The van der Waals surface area contributed by atoms with Crippen molar-refractivity contribution in [2.45, 2.75) is 71.4 Å². The number of hydrogen-bond donors (Lipinski definition) is 2. The normalized spacial score (nSPS) is 40.7. The smallest absolute Gasteiger partial charge is 0.0580 e. The van der Waals surface area contributed by atoms with E-state index in [9.17, 15) is 0 Å². The Morgan fingerprint density at radius 2 is 1.74 bits per heavy atom. The van der Waals surface area contributed by atoms with Crippen LogP contribution in [0.15, 0.2) is 0 Å². The van der Waals surface area contributed by atoms with E-state index in [1.165, 1.54) is 38.5 Å². The highest BCUT2D eigenvalue weighted by molar-refractivity contribution is 4.88. The molecule has 2 aliphatic carbocycles. The van der Waals surface area contributed by atoms with Crippen LogP contribution in [-0.2, 0) is 4.74 Å². The van der Waals surface area contributed by atoms with Gasteiger partial charge in [0.25, 0.3) is 0 Å². The van der Waals surface area contributed by atoms with E-state index >= 15 is 0 Å². The number of rotatable bonds is 6. The molecule has 2 saturated carbocycles. The Kier molecular flexibility index (Phi) is 5.67. The van der Waals surface area contributed by atoms with Gasteiger partial charge in [0, 0.05) is 12.6 Å². The first-order valence-corrected chi connectivity index (χ1v) is 8.20. The minimum absolute atomic E-state index is 0.512. The fourth-order valence-corrected chi connectivity index (χ4v) is 4.33. The molecule has 3 nitrogen and oxygen atoms in total. The third-order valence-electron chi connectivity index (χ3n) is 5.18. The molecule has 3 unspecified atom stereocenters. The average Bonchev–Trinajstić information content (AvgIpc) is 2.30. The summed E-state index contributed by atoms with van der Waals surface area (Å²) in [6, 6.07) is 0.512. The maximum Gasteiger partial charge on any atom is 0.0580 e. The molecule has 3 atom stereocenters. The van der Waals surface area contributed by atoms with Gasteiger partial charge in [-0.2, -0.15) is 0 Å². The van der Waals surface area contributed by atoms with Gasteiger partial charge in [0.15, 0.2) is 0 Å². The van der Waals surface area contributed by atoms with Crippen molar-refractivity contribution in [2.24, 2.45) is 29.5 Å². The molecule has 2 aliphatic rings. The van der Waals surface area contributed by atoms with Crippen molar-refractivity contribution in [1.82, 2.24) is 5.43 Å². The molecule has 2 fully saturated rings. The van der Waals surface area contributed by atoms with Gasteiger partial charge in [0.05, 0.1) is 6.10 Å². The standard InChI is InChI=1S/C16H32N2O/c1-4-19-15-8-13(9-15)10-16(18-17)14-6-11(2)5-12(3)7-14/h11-16,18H,4-10,17H2,1-3H3. The van der Waals surface area contributed by atoms with Crippen LogP contribution in [-0.4, -0.2) is 18.8 Å². The van der Waals surface area contributed by atoms with Gasteiger partial charge in [-0.1, -0.05) is 13.8 Å². The molecule has 0 radical (unpaired) electrons.